The molecule has 1 aromatic carbocycles. The Morgan fingerprint density at radius 3 is 2.72 bits per heavy atom. The van der Waals surface area contributed by atoms with Crippen LogP contribution in [0.25, 0.3) is 21.7 Å². The molecule has 8 heteroatoms. The molecule has 5 nitrogen and oxygen atoms in total. The quantitative estimate of drug-likeness (QED) is 0.539. The topological polar surface area (TPSA) is 66.5 Å². The van der Waals surface area contributed by atoms with E-state index in [1.165, 1.54) is 23.5 Å². The zero-order chi connectivity index (χ0) is 17.4. The van der Waals surface area contributed by atoms with Crippen LogP contribution in [0.1, 0.15) is 10.4 Å². The number of rotatable bonds is 4. The van der Waals surface area contributed by atoms with Crippen molar-refractivity contribution in [3.8, 4) is 11.5 Å². The number of hydrogen-bond acceptors (Lipinski definition) is 5. The van der Waals surface area contributed by atoms with Crippen molar-refractivity contribution in [1.29, 1.82) is 0 Å². The summed E-state index contributed by atoms with van der Waals surface area (Å²) in [6.07, 6.45) is 1.72. The van der Waals surface area contributed by atoms with Gasteiger partial charge >= 0.3 is 0 Å². The first kappa shape index (κ1) is 16.0. The fourth-order valence-electron chi connectivity index (χ4n) is 2.49. The number of halogens is 2. The second-order valence-corrected chi connectivity index (χ2v) is 7.07. The molecule has 0 unspecified atom stereocenters. The van der Waals surface area contributed by atoms with Crippen molar-refractivity contribution in [2.45, 2.75) is 13.5 Å². The average Bonchev–Trinajstić information content (AvgIpc) is 3.23. The largest absolute Gasteiger partial charge is 0.365 e. The first-order valence-electron chi connectivity index (χ1n) is 7.57. The van der Waals surface area contributed by atoms with Crippen LogP contribution in [0.2, 0.25) is 5.02 Å². The van der Waals surface area contributed by atoms with Crippen LogP contribution in [-0.2, 0) is 6.54 Å². The summed E-state index contributed by atoms with van der Waals surface area (Å²) in [5.74, 6) is 0.903. The van der Waals surface area contributed by atoms with Crippen molar-refractivity contribution in [1.82, 2.24) is 20.2 Å². The molecule has 0 atom stereocenters. The Labute approximate surface area is 151 Å². The lowest BCUT2D eigenvalue weighted by Gasteiger charge is -2.09. The van der Waals surface area contributed by atoms with E-state index in [1.54, 1.807) is 18.3 Å². The first-order valence-corrected chi connectivity index (χ1v) is 8.76. The van der Waals surface area contributed by atoms with Crippen LogP contribution in [0.4, 0.5) is 10.2 Å². The minimum absolute atomic E-state index is 0.259. The molecule has 4 rings (SSSR count). The summed E-state index contributed by atoms with van der Waals surface area (Å²) in [4.78, 5) is 11.0. The second-order valence-electron chi connectivity index (χ2n) is 5.49. The minimum Gasteiger partial charge on any atom is -0.365 e. The lowest BCUT2D eigenvalue weighted by Crippen LogP contribution is -2.04. The molecule has 3 aromatic heterocycles. The van der Waals surface area contributed by atoms with Gasteiger partial charge in [0.25, 0.3) is 0 Å². The predicted octanol–water partition coefficient (Wildman–Crippen LogP) is 4.79. The minimum atomic E-state index is -0.259. The van der Waals surface area contributed by atoms with Crippen molar-refractivity contribution in [3.63, 3.8) is 0 Å². The van der Waals surface area contributed by atoms with Gasteiger partial charge in [-0.05, 0) is 30.7 Å². The molecule has 126 valence electrons. The molecule has 0 saturated heterocycles. The van der Waals surface area contributed by atoms with E-state index in [1.807, 2.05) is 13.0 Å². The van der Waals surface area contributed by atoms with E-state index in [4.69, 9.17) is 11.6 Å². The Balaban J connectivity index is 1.76. The third-order valence-electron chi connectivity index (χ3n) is 3.76. The molecule has 2 N–H and O–H groups in total. The molecule has 0 amide bonds. The van der Waals surface area contributed by atoms with Gasteiger partial charge in [-0.3, -0.25) is 5.10 Å². The number of benzene rings is 1. The van der Waals surface area contributed by atoms with Crippen LogP contribution < -0.4 is 5.32 Å². The lowest BCUT2D eigenvalue weighted by atomic mass is 10.2. The number of aryl methyl sites for hydroxylation is 1. The summed E-state index contributed by atoms with van der Waals surface area (Å²) in [6, 6.07) is 8.14. The van der Waals surface area contributed by atoms with Crippen LogP contribution in [0.15, 0.2) is 36.5 Å². The van der Waals surface area contributed by atoms with Gasteiger partial charge in [0.05, 0.1) is 10.4 Å². The Bertz CT molecular complexity index is 1030. The van der Waals surface area contributed by atoms with Gasteiger partial charge in [0.15, 0.2) is 5.82 Å². The molecule has 0 saturated carbocycles. The number of aromatic nitrogens is 4. The first-order chi connectivity index (χ1) is 12.1. The van der Waals surface area contributed by atoms with Gasteiger partial charge < -0.3 is 5.32 Å². The molecule has 4 aromatic rings. The number of fused-ring (bicyclic) bond motifs is 1. The SMILES string of the molecule is Cc1sc2nc(-c3cc[nH]n3)nc(NCc3ccc(F)cc3)c2c1Cl. The van der Waals surface area contributed by atoms with E-state index in [2.05, 4.69) is 25.5 Å². The van der Waals surface area contributed by atoms with Gasteiger partial charge in [-0.25, -0.2) is 14.4 Å². The normalized spacial score (nSPS) is 11.2. The average molecular weight is 374 g/mol. The van der Waals surface area contributed by atoms with Gasteiger partial charge in [-0.2, -0.15) is 5.10 Å². The number of thiophene rings is 1. The summed E-state index contributed by atoms with van der Waals surface area (Å²) < 4.78 is 13.1. The third-order valence-corrected chi connectivity index (χ3v) is 5.34. The molecule has 0 radical (unpaired) electrons. The number of aromatic amines is 1. The Morgan fingerprint density at radius 2 is 2.00 bits per heavy atom. The van der Waals surface area contributed by atoms with Crippen LogP contribution >= 0.6 is 22.9 Å². The summed E-state index contributed by atoms with van der Waals surface area (Å²) in [5, 5.41) is 11.6. The fourth-order valence-corrected chi connectivity index (χ4v) is 3.76. The summed E-state index contributed by atoms with van der Waals surface area (Å²) in [5.41, 5.74) is 1.60. The van der Waals surface area contributed by atoms with E-state index in [-0.39, 0.29) is 5.82 Å². The number of nitrogens with zero attached hydrogens (tertiary/aromatic N) is 3. The van der Waals surface area contributed by atoms with Crippen LogP contribution in [0, 0.1) is 12.7 Å². The van der Waals surface area contributed by atoms with Gasteiger partial charge in [-0.15, -0.1) is 11.3 Å². The maximum absolute atomic E-state index is 13.1. The molecule has 0 fully saturated rings. The van der Waals surface area contributed by atoms with Gasteiger partial charge in [0, 0.05) is 17.6 Å². The van der Waals surface area contributed by atoms with Crippen molar-refractivity contribution in [3.05, 3.63) is 57.8 Å². The van der Waals surface area contributed by atoms with E-state index in [0.717, 1.165) is 20.7 Å². The lowest BCUT2D eigenvalue weighted by molar-refractivity contribution is 0.627. The Morgan fingerprint density at radius 1 is 1.20 bits per heavy atom. The number of anilines is 1. The van der Waals surface area contributed by atoms with E-state index in [0.29, 0.717) is 28.9 Å². The van der Waals surface area contributed by atoms with Gasteiger partial charge in [-0.1, -0.05) is 23.7 Å². The van der Waals surface area contributed by atoms with Crippen LogP contribution in [0.5, 0.6) is 0 Å². The predicted molar refractivity (Wildman–Crippen MR) is 98.5 cm³/mol. The molecule has 25 heavy (non-hydrogen) atoms. The molecule has 0 aliphatic heterocycles. The molecule has 0 aliphatic carbocycles. The maximum atomic E-state index is 13.1. The highest BCUT2D eigenvalue weighted by molar-refractivity contribution is 7.19. The Kier molecular flexibility index (Phi) is 4.10. The maximum Gasteiger partial charge on any atom is 0.183 e. The van der Waals surface area contributed by atoms with Crippen LogP contribution in [-0.4, -0.2) is 20.2 Å². The number of hydrogen-bond donors (Lipinski definition) is 2. The Hall–Kier alpha value is -2.51. The van der Waals surface area contributed by atoms with Crippen molar-refractivity contribution < 1.29 is 4.39 Å². The van der Waals surface area contributed by atoms with Gasteiger partial charge in [0.2, 0.25) is 0 Å². The van der Waals surface area contributed by atoms with E-state index >= 15 is 0 Å². The standard InChI is InChI=1S/C17H13ClFN5S/c1-9-14(18)13-16(20-8-10-2-4-11(19)5-3-10)22-15(23-17(13)25-9)12-6-7-21-24-12/h2-7H,8H2,1H3,(H,21,24)(H,20,22,23). The molecule has 0 bridgehead atoms. The molecular weight excluding hydrogens is 361 g/mol. The summed E-state index contributed by atoms with van der Waals surface area (Å²) in [7, 11) is 0. The summed E-state index contributed by atoms with van der Waals surface area (Å²) in [6.45, 7) is 2.45. The third kappa shape index (κ3) is 3.08. The van der Waals surface area contributed by atoms with Crippen molar-refractivity contribution in [2.24, 2.45) is 0 Å². The highest BCUT2D eigenvalue weighted by Gasteiger charge is 2.17. The van der Waals surface area contributed by atoms with Crippen molar-refractivity contribution in [2.75, 3.05) is 5.32 Å². The fraction of sp³-hybridized carbons (Fsp3) is 0.118. The second kappa shape index (κ2) is 6.42. The van der Waals surface area contributed by atoms with E-state index in [9.17, 15) is 4.39 Å². The zero-order valence-electron chi connectivity index (χ0n) is 13.2. The number of nitrogens with one attached hydrogen (secondary N) is 2. The molecule has 0 aliphatic rings. The molecule has 0 spiro atoms. The van der Waals surface area contributed by atoms with Crippen LogP contribution in [0.3, 0.4) is 0 Å². The smallest absolute Gasteiger partial charge is 0.183 e. The highest BCUT2D eigenvalue weighted by Crippen LogP contribution is 2.38. The summed E-state index contributed by atoms with van der Waals surface area (Å²) >= 11 is 7.96. The van der Waals surface area contributed by atoms with Crippen molar-refractivity contribution >= 4 is 39.0 Å². The van der Waals surface area contributed by atoms with Gasteiger partial charge in [0.1, 0.15) is 22.2 Å². The molecular formula is C17H13ClFN5S. The number of H-pyrrole nitrogens is 1. The monoisotopic (exact) mass is 373 g/mol. The molecule has 3 heterocycles. The van der Waals surface area contributed by atoms with E-state index < -0.39 is 0 Å². The zero-order valence-corrected chi connectivity index (χ0v) is 14.7. The highest BCUT2D eigenvalue weighted by atomic mass is 35.5.